The number of amides is 2. The van der Waals surface area contributed by atoms with Gasteiger partial charge >= 0.3 is 0 Å². The largest absolute Gasteiger partial charge is 0.493 e. The van der Waals surface area contributed by atoms with Crippen molar-refractivity contribution in [3.8, 4) is 11.5 Å². The Morgan fingerprint density at radius 2 is 2.04 bits per heavy atom. The number of carbonyl (C=O) groups is 2. The molecule has 0 saturated heterocycles. The Morgan fingerprint density at radius 3 is 2.61 bits per heavy atom. The van der Waals surface area contributed by atoms with Gasteiger partial charge in [0, 0.05) is 11.1 Å². The van der Waals surface area contributed by atoms with Crippen LogP contribution in [0.5, 0.6) is 11.5 Å². The number of primary amides is 1. The van der Waals surface area contributed by atoms with Crippen molar-refractivity contribution in [3.05, 3.63) is 41.1 Å². The molecule has 0 saturated carbocycles. The second kappa shape index (κ2) is 6.82. The standard InChI is InChI=1S/C15H17N3O5/c1-8-9(4-5-11(21-2)13(8)22-3)15(20)17-6-12-18-10(7-23-12)14(16)19/h4-5,7H,6H2,1-3H3,(H2,16,19)(H,17,20). The van der Waals surface area contributed by atoms with Crippen molar-refractivity contribution in [2.45, 2.75) is 13.5 Å². The third kappa shape index (κ3) is 3.42. The molecule has 23 heavy (non-hydrogen) atoms. The first-order valence-electron chi connectivity index (χ1n) is 6.72. The van der Waals surface area contributed by atoms with Crippen LogP contribution in [0.1, 0.15) is 32.3 Å². The average molecular weight is 319 g/mol. The minimum absolute atomic E-state index is 0.0107. The van der Waals surface area contributed by atoms with E-state index in [4.69, 9.17) is 19.6 Å². The van der Waals surface area contributed by atoms with Crippen LogP contribution in [0.25, 0.3) is 0 Å². The van der Waals surface area contributed by atoms with Crippen molar-refractivity contribution < 1.29 is 23.5 Å². The van der Waals surface area contributed by atoms with Crippen molar-refractivity contribution in [1.82, 2.24) is 10.3 Å². The van der Waals surface area contributed by atoms with Crippen LogP contribution in [-0.2, 0) is 6.54 Å². The van der Waals surface area contributed by atoms with Gasteiger partial charge in [0.2, 0.25) is 5.89 Å². The minimum Gasteiger partial charge on any atom is -0.493 e. The van der Waals surface area contributed by atoms with Gasteiger partial charge in [-0.2, -0.15) is 0 Å². The summed E-state index contributed by atoms with van der Waals surface area (Å²) in [6.07, 6.45) is 1.14. The van der Waals surface area contributed by atoms with Crippen LogP contribution in [0.3, 0.4) is 0 Å². The molecule has 1 heterocycles. The van der Waals surface area contributed by atoms with Gasteiger partial charge in [-0.3, -0.25) is 9.59 Å². The molecule has 0 atom stereocenters. The maximum atomic E-state index is 12.3. The van der Waals surface area contributed by atoms with E-state index in [0.29, 0.717) is 22.6 Å². The van der Waals surface area contributed by atoms with E-state index in [1.165, 1.54) is 14.2 Å². The van der Waals surface area contributed by atoms with Gasteiger partial charge in [0.15, 0.2) is 17.2 Å². The van der Waals surface area contributed by atoms with Gasteiger partial charge in [-0.15, -0.1) is 0 Å². The molecule has 8 nitrogen and oxygen atoms in total. The number of methoxy groups -OCH3 is 2. The molecule has 122 valence electrons. The molecule has 2 rings (SSSR count). The van der Waals surface area contributed by atoms with E-state index >= 15 is 0 Å². The number of nitrogens with two attached hydrogens (primary N) is 1. The van der Waals surface area contributed by atoms with E-state index in [1.54, 1.807) is 19.1 Å². The van der Waals surface area contributed by atoms with Crippen LogP contribution >= 0.6 is 0 Å². The predicted molar refractivity (Wildman–Crippen MR) is 80.5 cm³/mol. The van der Waals surface area contributed by atoms with E-state index in [0.717, 1.165) is 6.26 Å². The monoisotopic (exact) mass is 319 g/mol. The number of rotatable bonds is 6. The number of hydrogen-bond acceptors (Lipinski definition) is 6. The quantitative estimate of drug-likeness (QED) is 0.821. The lowest BCUT2D eigenvalue weighted by Gasteiger charge is -2.13. The molecular weight excluding hydrogens is 302 g/mol. The van der Waals surface area contributed by atoms with E-state index in [-0.39, 0.29) is 24.0 Å². The molecule has 0 radical (unpaired) electrons. The summed E-state index contributed by atoms with van der Waals surface area (Å²) in [7, 11) is 3.03. The van der Waals surface area contributed by atoms with Crippen molar-refractivity contribution in [2.24, 2.45) is 5.73 Å². The number of nitrogens with zero attached hydrogens (tertiary/aromatic N) is 1. The number of benzene rings is 1. The Labute approximate surface area is 132 Å². The predicted octanol–water partition coefficient (Wildman–Crippen LogP) is 1.03. The fourth-order valence-corrected chi connectivity index (χ4v) is 2.08. The summed E-state index contributed by atoms with van der Waals surface area (Å²) in [6.45, 7) is 1.78. The Morgan fingerprint density at radius 1 is 1.30 bits per heavy atom. The Balaban J connectivity index is 2.12. The van der Waals surface area contributed by atoms with E-state index in [9.17, 15) is 9.59 Å². The van der Waals surface area contributed by atoms with Gasteiger partial charge in [-0.25, -0.2) is 4.98 Å². The molecule has 0 aliphatic carbocycles. The molecule has 0 unspecified atom stereocenters. The lowest BCUT2D eigenvalue weighted by Crippen LogP contribution is -2.24. The molecule has 0 spiro atoms. The Hall–Kier alpha value is -3.03. The van der Waals surface area contributed by atoms with Crippen LogP contribution in [0, 0.1) is 6.92 Å². The molecular formula is C15H17N3O5. The molecule has 2 aromatic rings. The van der Waals surface area contributed by atoms with Gasteiger partial charge < -0.3 is 24.9 Å². The summed E-state index contributed by atoms with van der Waals surface area (Å²) in [4.78, 5) is 27.1. The van der Waals surface area contributed by atoms with Crippen molar-refractivity contribution >= 4 is 11.8 Å². The lowest BCUT2D eigenvalue weighted by molar-refractivity contribution is 0.0945. The van der Waals surface area contributed by atoms with Gasteiger partial charge in [0.05, 0.1) is 20.8 Å². The molecule has 2 amide bonds. The summed E-state index contributed by atoms with van der Waals surface area (Å²) in [5, 5.41) is 2.65. The van der Waals surface area contributed by atoms with E-state index < -0.39 is 5.91 Å². The van der Waals surface area contributed by atoms with Gasteiger partial charge in [0.25, 0.3) is 11.8 Å². The fourth-order valence-electron chi connectivity index (χ4n) is 2.08. The minimum atomic E-state index is -0.693. The zero-order chi connectivity index (χ0) is 17.0. The van der Waals surface area contributed by atoms with Crippen LogP contribution in [0.15, 0.2) is 22.8 Å². The molecule has 3 N–H and O–H groups in total. The van der Waals surface area contributed by atoms with Crippen molar-refractivity contribution in [2.75, 3.05) is 14.2 Å². The average Bonchev–Trinajstić information content (AvgIpc) is 3.01. The number of nitrogens with one attached hydrogen (secondary N) is 1. The maximum absolute atomic E-state index is 12.3. The molecule has 1 aromatic carbocycles. The van der Waals surface area contributed by atoms with Gasteiger partial charge in [0.1, 0.15) is 6.26 Å². The van der Waals surface area contributed by atoms with E-state index in [1.807, 2.05) is 0 Å². The topological polar surface area (TPSA) is 117 Å². The van der Waals surface area contributed by atoms with Crippen LogP contribution in [0.2, 0.25) is 0 Å². The van der Waals surface area contributed by atoms with Crippen molar-refractivity contribution in [1.29, 1.82) is 0 Å². The highest BCUT2D eigenvalue weighted by molar-refractivity contribution is 5.96. The molecule has 0 aliphatic rings. The zero-order valence-electron chi connectivity index (χ0n) is 13.0. The molecule has 0 bridgehead atoms. The van der Waals surface area contributed by atoms with Crippen LogP contribution in [0.4, 0.5) is 0 Å². The zero-order valence-corrected chi connectivity index (χ0v) is 13.0. The maximum Gasteiger partial charge on any atom is 0.270 e. The number of carbonyl (C=O) groups excluding carboxylic acids is 2. The highest BCUT2D eigenvalue weighted by atomic mass is 16.5. The summed E-state index contributed by atoms with van der Waals surface area (Å²) < 4.78 is 15.5. The first-order valence-corrected chi connectivity index (χ1v) is 6.72. The molecule has 0 aliphatic heterocycles. The molecule has 1 aromatic heterocycles. The Bertz CT molecular complexity index is 739. The lowest BCUT2D eigenvalue weighted by atomic mass is 10.1. The smallest absolute Gasteiger partial charge is 0.270 e. The molecule has 8 heteroatoms. The summed E-state index contributed by atoms with van der Waals surface area (Å²) in [5.41, 5.74) is 6.17. The summed E-state index contributed by atoms with van der Waals surface area (Å²) >= 11 is 0. The van der Waals surface area contributed by atoms with Crippen molar-refractivity contribution in [3.63, 3.8) is 0 Å². The number of ether oxygens (including phenoxy) is 2. The van der Waals surface area contributed by atoms with Gasteiger partial charge in [-0.05, 0) is 19.1 Å². The highest BCUT2D eigenvalue weighted by Crippen LogP contribution is 2.32. The number of hydrogen-bond donors (Lipinski definition) is 2. The normalized spacial score (nSPS) is 10.2. The van der Waals surface area contributed by atoms with E-state index in [2.05, 4.69) is 10.3 Å². The molecule has 0 fully saturated rings. The third-order valence-corrected chi connectivity index (χ3v) is 3.24. The fraction of sp³-hybridized carbons (Fsp3) is 0.267. The SMILES string of the molecule is COc1ccc(C(=O)NCc2nc(C(N)=O)co2)c(C)c1OC. The third-order valence-electron chi connectivity index (χ3n) is 3.24. The first-order chi connectivity index (χ1) is 11.0. The number of oxazole rings is 1. The summed E-state index contributed by atoms with van der Waals surface area (Å²) in [6, 6.07) is 3.29. The first kappa shape index (κ1) is 16.3. The highest BCUT2D eigenvalue weighted by Gasteiger charge is 2.17. The second-order valence-corrected chi connectivity index (χ2v) is 4.65. The van der Waals surface area contributed by atoms with Crippen LogP contribution < -0.4 is 20.5 Å². The number of aromatic nitrogens is 1. The summed E-state index contributed by atoms with van der Waals surface area (Å²) in [5.74, 6) is 0.197. The second-order valence-electron chi connectivity index (χ2n) is 4.65. The Kier molecular flexibility index (Phi) is 4.85. The van der Waals surface area contributed by atoms with Crippen LogP contribution in [-0.4, -0.2) is 31.0 Å². The van der Waals surface area contributed by atoms with Gasteiger partial charge in [-0.1, -0.05) is 0 Å².